The van der Waals surface area contributed by atoms with E-state index < -0.39 is 5.97 Å². The molecule has 0 amide bonds. The van der Waals surface area contributed by atoms with Gasteiger partial charge in [-0.15, -0.1) is 0 Å². The second-order valence-electron chi connectivity index (χ2n) is 6.76. The molecule has 4 nitrogen and oxygen atoms in total. The van der Waals surface area contributed by atoms with Crippen molar-refractivity contribution in [2.75, 3.05) is 13.6 Å². The zero-order chi connectivity index (χ0) is 18.8. The second kappa shape index (κ2) is 7.59. The highest BCUT2D eigenvalue weighted by molar-refractivity contribution is 6.32. The lowest BCUT2D eigenvalue weighted by Crippen LogP contribution is -2.18. The van der Waals surface area contributed by atoms with E-state index in [-0.39, 0.29) is 6.61 Å². The Labute approximate surface area is 163 Å². The van der Waals surface area contributed by atoms with Crippen LogP contribution in [0.1, 0.15) is 22.5 Å². The first kappa shape index (κ1) is 17.8. The number of likely N-dealkylation sites (N-methyl/N-ethyl adjacent to an activating group) is 1. The van der Waals surface area contributed by atoms with E-state index in [1.807, 2.05) is 42.5 Å². The molecule has 0 fully saturated rings. The van der Waals surface area contributed by atoms with Gasteiger partial charge in [0, 0.05) is 35.1 Å². The summed E-state index contributed by atoms with van der Waals surface area (Å²) >= 11 is 6.41. The predicted molar refractivity (Wildman–Crippen MR) is 107 cm³/mol. The Kier molecular flexibility index (Phi) is 5.01. The Morgan fingerprint density at radius 2 is 2.04 bits per heavy atom. The van der Waals surface area contributed by atoms with Gasteiger partial charge in [0.05, 0.1) is 0 Å². The molecule has 1 aliphatic rings. The summed E-state index contributed by atoms with van der Waals surface area (Å²) in [7, 11) is 2.07. The first-order valence-corrected chi connectivity index (χ1v) is 9.29. The van der Waals surface area contributed by atoms with Gasteiger partial charge in [0.1, 0.15) is 18.0 Å². The molecule has 0 bridgehead atoms. The van der Waals surface area contributed by atoms with Gasteiger partial charge in [0.25, 0.3) is 0 Å². The summed E-state index contributed by atoms with van der Waals surface area (Å²) < 4.78 is 11.3. The van der Waals surface area contributed by atoms with Crippen LogP contribution in [0.15, 0.2) is 53.0 Å². The lowest BCUT2D eigenvalue weighted by molar-refractivity contribution is -0.138. The van der Waals surface area contributed by atoms with Crippen molar-refractivity contribution in [1.29, 1.82) is 0 Å². The van der Waals surface area contributed by atoms with E-state index in [1.165, 1.54) is 6.08 Å². The first-order valence-electron chi connectivity index (χ1n) is 8.92. The fourth-order valence-corrected chi connectivity index (χ4v) is 3.68. The minimum Gasteiger partial charge on any atom is -0.458 e. The van der Waals surface area contributed by atoms with Crippen LogP contribution < -0.4 is 0 Å². The number of furan rings is 1. The van der Waals surface area contributed by atoms with Gasteiger partial charge in [0.15, 0.2) is 0 Å². The molecule has 0 atom stereocenters. The lowest BCUT2D eigenvalue weighted by atomic mass is 10.0. The number of hydrogen-bond acceptors (Lipinski definition) is 4. The minimum atomic E-state index is -0.397. The van der Waals surface area contributed by atoms with E-state index in [0.717, 1.165) is 52.2 Å². The van der Waals surface area contributed by atoms with Crippen LogP contribution in [0, 0.1) is 0 Å². The fraction of sp³-hybridized carbons (Fsp3) is 0.227. The monoisotopic (exact) mass is 381 g/mol. The third-order valence-electron chi connectivity index (χ3n) is 4.80. The third kappa shape index (κ3) is 3.77. The first-order chi connectivity index (χ1) is 13.1. The van der Waals surface area contributed by atoms with E-state index in [4.69, 9.17) is 20.8 Å². The van der Waals surface area contributed by atoms with Gasteiger partial charge in [-0.1, -0.05) is 41.9 Å². The van der Waals surface area contributed by atoms with Crippen molar-refractivity contribution in [3.63, 3.8) is 0 Å². The molecule has 2 heterocycles. The van der Waals surface area contributed by atoms with E-state index in [9.17, 15) is 4.79 Å². The van der Waals surface area contributed by atoms with Crippen molar-refractivity contribution in [3.05, 3.63) is 76.0 Å². The van der Waals surface area contributed by atoms with Crippen LogP contribution in [0.25, 0.3) is 17.0 Å². The molecule has 1 aliphatic heterocycles. The number of benzene rings is 2. The normalized spacial score (nSPS) is 14.6. The van der Waals surface area contributed by atoms with Crippen molar-refractivity contribution in [3.8, 4) is 0 Å². The third-order valence-corrected chi connectivity index (χ3v) is 5.16. The Bertz CT molecular complexity index is 1010. The van der Waals surface area contributed by atoms with Gasteiger partial charge < -0.3 is 14.1 Å². The van der Waals surface area contributed by atoms with Crippen molar-refractivity contribution >= 4 is 34.6 Å². The maximum absolute atomic E-state index is 12.1. The highest BCUT2D eigenvalue weighted by Gasteiger charge is 2.22. The number of ether oxygens (including phenoxy) is 1. The molecule has 138 valence electrons. The quantitative estimate of drug-likeness (QED) is 0.479. The van der Waals surface area contributed by atoms with Crippen molar-refractivity contribution < 1.29 is 13.9 Å². The van der Waals surface area contributed by atoms with Crippen LogP contribution in [0.3, 0.4) is 0 Å². The summed E-state index contributed by atoms with van der Waals surface area (Å²) in [6.45, 7) is 1.92. The molecule has 2 aromatic carbocycles. The SMILES string of the molecule is CN1CCc2c(Cl)ccc3oc(C=CC(=O)OCc4ccccc4)c(c23)C1. The number of esters is 1. The molecule has 0 unspecified atom stereocenters. The number of nitrogens with zero attached hydrogens (tertiary/aromatic N) is 1. The van der Waals surface area contributed by atoms with Crippen LogP contribution >= 0.6 is 11.6 Å². The Balaban J connectivity index is 1.58. The van der Waals surface area contributed by atoms with Crippen molar-refractivity contribution in [2.45, 2.75) is 19.6 Å². The molecular weight excluding hydrogens is 362 g/mol. The molecule has 27 heavy (non-hydrogen) atoms. The van der Waals surface area contributed by atoms with E-state index in [0.29, 0.717) is 5.76 Å². The summed E-state index contributed by atoms with van der Waals surface area (Å²) in [6, 6.07) is 13.4. The fourth-order valence-electron chi connectivity index (χ4n) is 3.43. The number of halogens is 1. The average Bonchev–Trinajstić information content (AvgIpc) is 2.91. The Morgan fingerprint density at radius 1 is 1.22 bits per heavy atom. The zero-order valence-corrected chi connectivity index (χ0v) is 15.8. The summed E-state index contributed by atoms with van der Waals surface area (Å²) in [5.74, 6) is 0.283. The molecule has 0 radical (unpaired) electrons. The maximum atomic E-state index is 12.1. The molecule has 4 rings (SSSR count). The van der Waals surface area contributed by atoms with Gasteiger partial charge >= 0.3 is 5.97 Å². The minimum absolute atomic E-state index is 0.249. The Hall–Kier alpha value is -2.56. The number of rotatable bonds is 4. The van der Waals surface area contributed by atoms with E-state index >= 15 is 0 Å². The molecule has 1 aromatic heterocycles. The highest BCUT2D eigenvalue weighted by atomic mass is 35.5. The summed E-state index contributed by atoms with van der Waals surface area (Å²) in [4.78, 5) is 14.3. The summed E-state index contributed by atoms with van der Waals surface area (Å²) in [6.07, 6.45) is 3.99. The number of carbonyl (C=O) groups is 1. The van der Waals surface area contributed by atoms with E-state index in [1.54, 1.807) is 6.08 Å². The molecule has 0 saturated carbocycles. The van der Waals surface area contributed by atoms with Gasteiger partial charge in [-0.05, 0) is 42.8 Å². The second-order valence-corrected chi connectivity index (χ2v) is 7.17. The standard InChI is InChI=1S/C22H20ClNO3/c1-24-12-11-16-18(23)7-8-20-22(16)17(13-24)19(27-20)9-10-21(25)26-14-15-5-3-2-4-6-15/h2-10H,11-14H2,1H3. The van der Waals surface area contributed by atoms with Gasteiger partial charge in [0.2, 0.25) is 0 Å². The number of carbonyl (C=O) groups excluding carboxylic acids is 1. The van der Waals surface area contributed by atoms with E-state index in [2.05, 4.69) is 11.9 Å². The maximum Gasteiger partial charge on any atom is 0.331 e. The highest BCUT2D eigenvalue weighted by Crippen LogP contribution is 2.36. The molecule has 0 aliphatic carbocycles. The van der Waals surface area contributed by atoms with Gasteiger partial charge in [-0.25, -0.2) is 4.79 Å². The number of hydrogen-bond donors (Lipinski definition) is 0. The molecule has 0 spiro atoms. The predicted octanol–water partition coefficient (Wildman–Crippen LogP) is 4.83. The molecular formula is C22H20ClNO3. The zero-order valence-electron chi connectivity index (χ0n) is 15.1. The van der Waals surface area contributed by atoms with Crippen LogP contribution in [-0.2, 0) is 29.1 Å². The molecule has 5 heteroatoms. The van der Waals surface area contributed by atoms with Crippen molar-refractivity contribution in [1.82, 2.24) is 4.90 Å². The van der Waals surface area contributed by atoms with Gasteiger partial charge in [-0.2, -0.15) is 0 Å². The van der Waals surface area contributed by atoms with Crippen LogP contribution in [0.4, 0.5) is 0 Å². The lowest BCUT2D eigenvalue weighted by Gasteiger charge is -2.12. The molecule has 0 saturated heterocycles. The average molecular weight is 382 g/mol. The summed E-state index contributed by atoms with van der Waals surface area (Å²) in [5.41, 5.74) is 3.94. The molecule has 3 aromatic rings. The van der Waals surface area contributed by atoms with Crippen LogP contribution in [-0.4, -0.2) is 24.5 Å². The largest absolute Gasteiger partial charge is 0.458 e. The molecule has 0 N–H and O–H groups in total. The van der Waals surface area contributed by atoms with Gasteiger partial charge in [-0.3, -0.25) is 0 Å². The topological polar surface area (TPSA) is 42.7 Å². The smallest absolute Gasteiger partial charge is 0.331 e. The van der Waals surface area contributed by atoms with Crippen molar-refractivity contribution in [2.24, 2.45) is 0 Å². The summed E-state index contributed by atoms with van der Waals surface area (Å²) in [5, 5.41) is 1.84. The van der Waals surface area contributed by atoms with Crippen LogP contribution in [0.5, 0.6) is 0 Å². The van der Waals surface area contributed by atoms with Crippen LogP contribution in [0.2, 0.25) is 5.02 Å². The Morgan fingerprint density at radius 3 is 2.85 bits per heavy atom.